The molecule has 19 heteroatoms. The minimum absolute atomic E-state index is 0. The van der Waals surface area contributed by atoms with E-state index in [0.29, 0.717) is 11.6 Å². The van der Waals surface area contributed by atoms with Crippen molar-refractivity contribution in [1.29, 1.82) is 0 Å². The molecule has 0 amide bonds. The Bertz CT molecular complexity index is 691. The Kier molecular flexibility index (Phi) is 97.1. The van der Waals surface area contributed by atoms with Gasteiger partial charge in [0.05, 0.1) is 33.6 Å². The minimum Gasteiger partial charge on any atom is -1.00 e. The zero-order chi connectivity index (χ0) is 39.8. The summed E-state index contributed by atoms with van der Waals surface area (Å²) in [6.07, 6.45) is 6.00. The molecule has 6 nitrogen and oxygen atoms in total. The summed E-state index contributed by atoms with van der Waals surface area (Å²) in [6.45, 7) is 59.1. The molecule has 341 valence electrons. The van der Waals surface area contributed by atoms with Gasteiger partial charge < -0.3 is 102 Å². The van der Waals surface area contributed by atoms with Crippen molar-refractivity contribution in [3.05, 3.63) is 34.1 Å². The van der Waals surface area contributed by atoms with Crippen LogP contribution in [0.2, 0.25) is 11.6 Å². The monoisotopic (exact) mass is 999 g/mol. The third kappa shape index (κ3) is 46.8. The Hall–Kier alpha value is 4.24. The number of hydrogen-bond acceptors (Lipinski definition) is 6. The molecular formula is C39H87B5Cl3Mg3Ni2O6. The van der Waals surface area contributed by atoms with Gasteiger partial charge in [-0.15, -0.1) is 0 Å². The predicted molar refractivity (Wildman–Crippen MR) is 248 cm³/mol. The van der Waals surface area contributed by atoms with Crippen LogP contribution < -0.4 is 37.2 Å². The molecule has 0 unspecified atom stereocenters. The first kappa shape index (κ1) is 105. The summed E-state index contributed by atoms with van der Waals surface area (Å²) in [5, 5.41) is 0. The fourth-order valence-corrected chi connectivity index (χ4v) is 2.87. The average Bonchev–Trinajstić information content (AvgIpc) is 3.38. The topological polar surface area (TPSA) is 55.4 Å². The molecule has 0 aromatic heterocycles. The van der Waals surface area contributed by atoms with Crippen molar-refractivity contribution in [3.8, 4) is 0 Å². The number of rotatable bonds is 2. The van der Waals surface area contributed by atoms with Crippen molar-refractivity contribution in [1.82, 2.24) is 0 Å². The molecule has 0 atom stereocenters. The van der Waals surface area contributed by atoms with Crippen LogP contribution in [-0.2, 0) is 60.9 Å². The van der Waals surface area contributed by atoms with Crippen LogP contribution in [0, 0.1) is 34.1 Å². The maximum absolute atomic E-state index is 5.80. The van der Waals surface area contributed by atoms with Gasteiger partial charge in [0.1, 0.15) is 0 Å². The Labute approximate surface area is 461 Å². The van der Waals surface area contributed by atoms with Gasteiger partial charge in [0.15, 0.2) is 0 Å². The van der Waals surface area contributed by atoms with Gasteiger partial charge in [-0.25, -0.2) is 0 Å². The molecule has 0 spiro atoms. The summed E-state index contributed by atoms with van der Waals surface area (Å²) >= 11 is 0. The summed E-state index contributed by atoms with van der Waals surface area (Å²) in [6, 6.07) is 0. The van der Waals surface area contributed by atoms with Gasteiger partial charge in [-0.2, -0.15) is 39.5 Å². The Balaban J connectivity index is -0.0000000244. The van der Waals surface area contributed by atoms with Crippen LogP contribution in [0.5, 0.6) is 0 Å². The summed E-state index contributed by atoms with van der Waals surface area (Å²) in [5.41, 5.74) is -1.09. The van der Waals surface area contributed by atoms with Gasteiger partial charge in [-0.1, -0.05) is 55.4 Å². The quantitative estimate of drug-likeness (QED) is 0.310. The first-order valence-electron chi connectivity index (χ1n) is 18.3. The summed E-state index contributed by atoms with van der Waals surface area (Å²) in [7, 11) is 1.32. The van der Waals surface area contributed by atoms with Crippen LogP contribution in [0.4, 0.5) is 0 Å². The molecular weight excluding hydrogens is 915 g/mol. The van der Waals surface area contributed by atoms with Crippen molar-refractivity contribution in [2.24, 2.45) is 0 Å². The molecule has 0 bridgehead atoms. The van der Waals surface area contributed by atoms with E-state index >= 15 is 0 Å². The second-order valence-corrected chi connectivity index (χ2v) is 15.7. The van der Waals surface area contributed by atoms with Crippen LogP contribution in [0.25, 0.3) is 0 Å². The molecule has 3 aliphatic heterocycles. The maximum Gasteiger partial charge on any atom is 2.00 e. The van der Waals surface area contributed by atoms with E-state index < -0.39 is 0 Å². The molecule has 58 heavy (non-hydrogen) atoms. The van der Waals surface area contributed by atoms with Gasteiger partial charge in [-0.05, 0) is 94.7 Å². The molecule has 7 radical (unpaired) electrons. The van der Waals surface area contributed by atoms with E-state index in [4.69, 9.17) is 27.9 Å². The van der Waals surface area contributed by atoms with Crippen molar-refractivity contribution >= 4 is 108 Å². The first-order chi connectivity index (χ1) is 21.6. The first-order valence-corrected chi connectivity index (χ1v) is 18.3. The van der Waals surface area contributed by atoms with Crippen LogP contribution in [0.15, 0.2) is 0 Å². The van der Waals surface area contributed by atoms with Gasteiger partial charge in [-0.3, -0.25) is 0 Å². The van der Waals surface area contributed by atoms with Gasteiger partial charge in [0.2, 0.25) is 0 Å². The molecule has 0 aliphatic carbocycles. The third-order valence-corrected chi connectivity index (χ3v) is 7.77. The third-order valence-electron chi connectivity index (χ3n) is 7.77. The molecule has 3 fully saturated rings. The van der Waals surface area contributed by atoms with E-state index in [9.17, 15) is 0 Å². The summed E-state index contributed by atoms with van der Waals surface area (Å²) < 4.78 is 33.6. The Morgan fingerprint density at radius 2 is 0.586 bits per heavy atom. The second-order valence-electron chi connectivity index (χ2n) is 15.7. The number of halogens is 3. The minimum atomic E-state index is -0.188. The molecule has 0 N–H and O–H groups in total. The zero-order valence-corrected chi connectivity index (χ0v) is 50.1. The van der Waals surface area contributed by atoms with Crippen molar-refractivity contribution in [2.45, 2.75) is 223 Å². The van der Waals surface area contributed by atoms with Crippen LogP contribution in [0.3, 0.4) is 0 Å². The fraction of sp³-hybridized carbons (Fsp3) is 0.872. The maximum atomic E-state index is 5.80. The van der Waals surface area contributed by atoms with Crippen LogP contribution in [-0.4, -0.2) is 142 Å². The van der Waals surface area contributed by atoms with Gasteiger partial charge in [0, 0.05) is 16.8 Å². The predicted octanol–water partition coefficient (Wildman–Crippen LogP) is 1.58. The Morgan fingerprint density at radius 1 is 0.466 bits per heavy atom. The molecule has 3 rings (SSSR count). The normalized spacial score (nSPS) is 17.2. The van der Waals surface area contributed by atoms with Gasteiger partial charge >= 0.3 is 124 Å². The molecule has 0 aromatic rings. The largest absolute Gasteiger partial charge is 2.00 e. The van der Waals surface area contributed by atoms with E-state index in [1.54, 1.807) is 0 Å². The molecule has 0 aromatic carbocycles. The van der Waals surface area contributed by atoms with E-state index in [1.807, 2.05) is 75.7 Å². The van der Waals surface area contributed by atoms with Crippen molar-refractivity contribution in [3.63, 3.8) is 0 Å². The summed E-state index contributed by atoms with van der Waals surface area (Å²) in [5.74, 6) is 0.845. The van der Waals surface area contributed by atoms with Crippen molar-refractivity contribution in [2.75, 3.05) is 0 Å². The SMILES string of the molecule is CC(C)B1OC(C)(C)C(C)(C)O1.CC(C)B1OC(C)(C)C(C)(C)O1.CC1(C)O[B]OC1(C)C.C[CH-]C.[B].[B].[CH2-]CC.[CH2-]CC.[CH2-]CC.[CH2-]CC.[Cl-].[Cl-].[Cl-].[H-].[H-].[Mg+2].[Mg+2].[Mg+2].[Ni+2].[Ni+2]. The smallest absolute Gasteiger partial charge is 1.00 e. The zero-order valence-electron chi connectivity index (χ0n) is 43.6. The average molecular weight is 1000 g/mol. The number of hydrogen-bond donors (Lipinski definition) is 0. The van der Waals surface area contributed by atoms with E-state index in [-0.39, 0.29) is 207 Å². The van der Waals surface area contributed by atoms with Gasteiger partial charge in [0.25, 0.3) is 0 Å². The van der Waals surface area contributed by atoms with E-state index in [2.05, 4.69) is 111 Å². The van der Waals surface area contributed by atoms with E-state index in [0.717, 1.165) is 25.7 Å². The van der Waals surface area contributed by atoms with Crippen molar-refractivity contribution < 1.29 is 101 Å². The van der Waals surface area contributed by atoms with E-state index in [1.165, 1.54) is 7.69 Å². The fourth-order valence-electron chi connectivity index (χ4n) is 2.87. The molecule has 3 saturated heterocycles. The molecule has 3 heterocycles. The summed E-state index contributed by atoms with van der Waals surface area (Å²) in [4.78, 5) is 0. The second kappa shape index (κ2) is 53.9. The molecule has 3 aliphatic rings. The standard InChI is InChI=1S/2C9H19BO2.C6H12BO2.5C3H7.2B.3ClH.3Mg.2Ni.2H/c2*1-7(2)10-11-8(3,4)9(5,6)12-10;1-5(2)6(3,4)9-7-8-5;5*1-3-2;;;;;;;;;;;;/h2*7H,1-6H3;1-4H3;3H,1-2H3;4*1,3H2,2H3;;;3*1H;;;;;;;/q;;;5*-1;;;;;;5*+2;2*-1/p-3. The van der Waals surface area contributed by atoms with Crippen LogP contribution in [0.1, 0.15) is 181 Å². The molecule has 0 saturated carbocycles. The Morgan fingerprint density at radius 3 is 0.638 bits per heavy atom. The van der Waals surface area contributed by atoms with Crippen LogP contribution >= 0.6 is 0 Å².